The highest BCUT2D eigenvalue weighted by Crippen LogP contribution is 1.88. The summed E-state index contributed by atoms with van der Waals surface area (Å²) in [7, 11) is 0. The van der Waals surface area contributed by atoms with Crippen LogP contribution in [0, 0.1) is 13.8 Å². The van der Waals surface area contributed by atoms with E-state index in [9.17, 15) is 4.79 Å². The molecular weight excluding hydrogens is 116 g/mol. The second kappa shape index (κ2) is 2.01. The van der Waals surface area contributed by atoms with Gasteiger partial charge in [-0.2, -0.15) is 5.10 Å². The number of nitrogens with one attached hydrogen (secondary N) is 1. The molecule has 1 N–H and O–H groups in total. The van der Waals surface area contributed by atoms with Crippen molar-refractivity contribution in [2.24, 2.45) is 0 Å². The lowest BCUT2D eigenvalue weighted by atomic mass is 10.3. The fourth-order valence-electron chi connectivity index (χ4n) is 0.638. The van der Waals surface area contributed by atoms with Crippen molar-refractivity contribution in [2.45, 2.75) is 13.8 Å². The van der Waals surface area contributed by atoms with Crippen molar-refractivity contribution in [3.8, 4) is 0 Å². The second-order valence-corrected chi connectivity index (χ2v) is 2.02. The Hall–Kier alpha value is -1.12. The molecular formula is C6H10N2O. The minimum absolute atomic E-state index is 0. The van der Waals surface area contributed by atoms with E-state index in [2.05, 4.69) is 10.2 Å². The molecule has 0 aliphatic rings. The predicted octanol–water partition coefficient (Wildman–Crippen LogP) is 0.633. The van der Waals surface area contributed by atoms with E-state index in [1.165, 1.54) is 0 Å². The van der Waals surface area contributed by atoms with Crippen molar-refractivity contribution < 1.29 is 1.43 Å². The van der Waals surface area contributed by atoms with Gasteiger partial charge in [0, 0.05) is 6.99 Å². The summed E-state index contributed by atoms with van der Waals surface area (Å²) in [6.45, 7) is 3.59. The van der Waals surface area contributed by atoms with Gasteiger partial charge >= 0.3 is 0 Å². The van der Waals surface area contributed by atoms with E-state index in [0.29, 0.717) is 5.56 Å². The van der Waals surface area contributed by atoms with Crippen LogP contribution in [0.1, 0.15) is 12.7 Å². The van der Waals surface area contributed by atoms with E-state index in [4.69, 9.17) is 0 Å². The quantitative estimate of drug-likeness (QED) is 0.554. The van der Waals surface area contributed by atoms with Crippen molar-refractivity contribution in [1.29, 1.82) is 0 Å². The van der Waals surface area contributed by atoms with Crippen LogP contribution >= 0.6 is 0 Å². The summed E-state index contributed by atoms with van der Waals surface area (Å²) >= 11 is 0. The van der Waals surface area contributed by atoms with Crippen LogP contribution in [0.25, 0.3) is 0 Å². The minimum atomic E-state index is -0.111. The van der Waals surface area contributed by atoms with Crippen LogP contribution < -0.4 is 5.56 Å². The van der Waals surface area contributed by atoms with E-state index in [1.807, 2.05) is 6.92 Å². The molecule has 0 bridgehead atoms. The van der Waals surface area contributed by atoms with Gasteiger partial charge in [0.05, 0.1) is 5.69 Å². The maximum atomic E-state index is 10.7. The zero-order chi connectivity index (χ0) is 6.85. The Bertz CT molecular complexity index is 269. The number of aromatic nitrogens is 2. The van der Waals surface area contributed by atoms with Crippen molar-refractivity contribution in [3.63, 3.8) is 0 Å². The first-order valence-electron chi connectivity index (χ1n) is 2.73. The van der Waals surface area contributed by atoms with Gasteiger partial charge in [0.15, 0.2) is 0 Å². The molecule has 0 aliphatic carbocycles. The fourth-order valence-corrected chi connectivity index (χ4v) is 0.638. The Kier molecular flexibility index (Phi) is 1.34. The first kappa shape index (κ1) is 6.01. The Morgan fingerprint density at radius 2 is 2.33 bits per heavy atom. The molecule has 1 aromatic rings. The Morgan fingerprint density at radius 1 is 1.67 bits per heavy atom. The number of aryl methyl sites for hydroxylation is 2. The molecule has 0 aliphatic heterocycles. The van der Waals surface area contributed by atoms with Crippen molar-refractivity contribution in [1.82, 2.24) is 10.2 Å². The molecule has 0 radical (unpaired) electrons. The first-order valence-corrected chi connectivity index (χ1v) is 2.73. The summed E-state index contributed by atoms with van der Waals surface area (Å²) in [6, 6.07) is 1.75. The molecule has 1 aromatic heterocycles. The number of rotatable bonds is 0. The third-order valence-electron chi connectivity index (χ3n) is 1.12. The van der Waals surface area contributed by atoms with E-state index < -0.39 is 0 Å². The third-order valence-corrected chi connectivity index (χ3v) is 1.12. The van der Waals surface area contributed by atoms with Gasteiger partial charge < -0.3 is 0 Å². The zero-order valence-electron chi connectivity index (χ0n) is 5.43. The van der Waals surface area contributed by atoms with Gasteiger partial charge in [0.25, 0.3) is 5.56 Å². The highest BCUT2D eigenvalue weighted by atomic mass is 16.1. The van der Waals surface area contributed by atoms with Crippen LogP contribution in [0.3, 0.4) is 0 Å². The predicted molar refractivity (Wildman–Crippen MR) is 36.4 cm³/mol. The molecule has 0 atom stereocenters. The molecule has 3 nitrogen and oxygen atoms in total. The van der Waals surface area contributed by atoms with E-state index >= 15 is 0 Å². The average Bonchev–Trinajstić information content (AvgIpc) is 1.80. The maximum Gasteiger partial charge on any atom is 0.267 e. The van der Waals surface area contributed by atoms with Crippen LogP contribution in [0.2, 0.25) is 0 Å². The van der Waals surface area contributed by atoms with Crippen LogP contribution in [-0.4, -0.2) is 10.2 Å². The van der Waals surface area contributed by atoms with Gasteiger partial charge in [0.2, 0.25) is 0 Å². The molecule has 0 fully saturated rings. The molecule has 0 saturated heterocycles. The standard InChI is InChI=1S/C6H8N2O.H2/c1-4-3-5(2)7-8-6(4)9;/h3H,1-2H3,(H,8,9);1H. The summed E-state index contributed by atoms with van der Waals surface area (Å²) in [4.78, 5) is 10.7. The Morgan fingerprint density at radius 3 is 2.78 bits per heavy atom. The van der Waals surface area contributed by atoms with Gasteiger partial charge in [-0.05, 0) is 19.9 Å². The lowest BCUT2D eigenvalue weighted by molar-refractivity contribution is 0.929. The van der Waals surface area contributed by atoms with Gasteiger partial charge in [-0.3, -0.25) is 4.79 Å². The van der Waals surface area contributed by atoms with Gasteiger partial charge in [0.1, 0.15) is 0 Å². The summed E-state index contributed by atoms with van der Waals surface area (Å²) in [5.41, 5.74) is 1.44. The highest BCUT2D eigenvalue weighted by Gasteiger charge is 1.90. The maximum absolute atomic E-state index is 10.7. The number of H-pyrrole nitrogens is 1. The van der Waals surface area contributed by atoms with E-state index in [-0.39, 0.29) is 6.99 Å². The largest absolute Gasteiger partial charge is 0.268 e. The van der Waals surface area contributed by atoms with Crippen LogP contribution in [-0.2, 0) is 0 Å². The molecule has 1 rings (SSSR count). The summed E-state index contributed by atoms with van der Waals surface area (Å²) in [6.07, 6.45) is 0. The molecule has 0 aromatic carbocycles. The molecule has 0 amide bonds. The monoisotopic (exact) mass is 126 g/mol. The topological polar surface area (TPSA) is 45.8 Å². The molecule has 3 heteroatoms. The zero-order valence-corrected chi connectivity index (χ0v) is 5.43. The van der Waals surface area contributed by atoms with Crippen molar-refractivity contribution in [3.05, 3.63) is 27.7 Å². The Labute approximate surface area is 54.2 Å². The Balaban J connectivity index is 0.000000810. The fraction of sp³-hybridized carbons (Fsp3) is 0.333. The SMILES string of the molecule is Cc1cc(C)c(=O)[nH]n1.[HH]. The molecule has 50 valence electrons. The molecule has 0 unspecified atom stereocenters. The number of nitrogens with zero attached hydrogens (tertiary/aromatic N) is 1. The molecule has 9 heavy (non-hydrogen) atoms. The normalized spacial score (nSPS) is 9.56. The van der Waals surface area contributed by atoms with Crippen LogP contribution in [0.5, 0.6) is 0 Å². The first-order chi connectivity index (χ1) is 4.20. The second-order valence-electron chi connectivity index (χ2n) is 2.02. The van der Waals surface area contributed by atoms with Crippen molar-refractivity contribution in [2.75, 3.05) is 0 Å². The van der Waals surface area contributed by atoms with E-state index in [1.54, 1.807) is 13.0 Å². The van der Waals surface area contributed by atoms with Gasteiger partial charge in [-0.25, -0.2) is 5.10 Å². The minimum Gasteiger partial charge on any atom is -0.268 e. The molecule has 0 saturated carbocycles. The van der Waals surface area contributed by atoms with Crippen LogP contribution in [0.4, 0.5) is 0 Å². The lowest BCUT2D eigenvalue weighted by Crippen LogP contribution is -2.11. The number of aromatic amines is 1. The lowest BCUT2D eigenvalue weighted by Gasteiger charge is -1.89. The third kappa shape index (κ3) is 1.16. The summed E-state index contributed by atoms with van der Waals surface area (Å²) in [5, 5.41) is 6.06. The van der Waals surface area contributed by atoms with Crippen molar-refractivity contribution >= 4 is 0 Å². The van der Waals surface area contributed by atoms with E-state index in [0.717, 1.165) is 5.69 Å². The highest BCUT2D eigenvalue weighted by molar-refractivity contribution is 5.08. The average molecular weight is 126 g/mol. The van der Waals surface area contributed by atoms with Gasteiger partial charge in [-0.15, -0.1) is 0 Å². The summed E-state index contributed by atoms with van der Waals surface area (Å²) < 4.78 is 0. The summed E-state index contributed by atoms with van der Waals surface area (Å²) in [5.74, 6) is 0. The number of hydrogen-bond donors (Lipinski definition) is 1. The number of hydrogen-bond acceptors (Lipinski definition) is 2. The molecule has 1 heterocycles. The van der Waals surface area contributed by atoms with Gasteiger partial charge in [-0.1, -0.05) is 0 Å². The smallest absolute Gasteiger partial charge is 0.267 e. The molecule has 0 spiro atoms. The van der Waals surface area contributed by atoms with Crippen LogP contribution in [0.15, 0.2) is 10.9 Å².